The second-order valence-corrected chi connectivity index (χ2v) is 4.84. The molecule has 0 aliphatic rings. The minimum Gasteiger partial charge on any atom is -0.343 e. The van der Waals surface area contributed by atoms with Crippen LogP contribution in [0.3, 0.4) is 0 Å². The molecule has 0 amide bonds. The predicted molar refractivity (Wildman–Crippen MR) is 73.8 cm³/mol. The number of benzene rings is 1. The number of halogens is 2. The first kappa shape index (κ1) is 13.2. The molecule has 18 heavy (non-hydrogen) atoms. The maximum absolute atomic E-state index is 13.3. The summed E-state index contributed by atoms with van der Waals surface area (Å²) in [5, 5.41) is 0.359. The highest BCUT2D eigenvalue weighted by atomic mass is 35.5. The quantitative estimate of drug-likeness (QED) is 0.837. The number of hydrogen-bond acceptors (Lipinski definition) is 2. The van der Waals surface area contributed by atoms with Gasteiger partial charge in [0.2, 0.25) is 0 Å². The molecule has 0 saturated carbocycles. The van der Waals surface area contributed by atoms with Crippen molar-refractivity contribution in [1.82, 2.24) is 9.97 Å². The maximum Gasteiger partial charge on any atom is 0.130 e. The standard InChI is InChI=1S/C13H12ClFN2S/c1-2-3-12-16-11(7-13(18)17-12)8-4-9(14)6-10(15)5-8/h4-7H,2-3H2,1H3,(H,16,17,18). The van der Waals surface area contributed by atoms with Crippen LogP contribution >= 0.6 is 23.8 Å². The van der Waals surface area contributed by atoms with Crippen molar-refractivity contribution in [1.29, 1.82) is 0 Å². The molecule has 0 fully saturated rings. The first-order valence-electron chi connectivity index (χ1n) is 5.65. The van der Waals surface area contributed by atoms with Gasteiger partial charge in [0.05, 0.1) is 0 Å². The van der Waals surface area contributed by atoms with Gasteiger partial charge >= 0.3 is 0 Å². The summed E-state index contributed by atoms with van der Waals surface area (Å²) >= 11 is 11.0. The predicted octanol–water partition coefficient (Wildman–Crippen LogP) is 4.55. The number of nitrogens with one attached hydrogen (secondary N) is 1. The number of aromatic amines is 1. The molecule has 2 aromatic rings. The van der Waals surface area contributed by atoms with Gasteiger partial charge in [0.1, 0.15) is 16.3 Å². The monoisotopic (exact) mass is 282 g/mol. The van der Waals surface area contributed by atoms with E-state index in [0.29, 0.717) is 15.2 Å². The van der Waals surface area contributed by atoms with Crippen LogP contribution in [0.15, 0.2) is 24.3 Å². The summed E-state index contributed by atoms with van der Waals surface area (Å²) in [6.45, 7) is 2.06. The van der Waals surface area contributed by atoms with Crippen LogP contribution < -0.4 is 0 Å². The number of aryl methyl sites for hydroxylation is 1. The average Bonchev–Trinajstić information content (AvgIpc) is 2.27. The molecule has 0 radical (unpaired) electrons. The summed E-state index contributed by atoms with van der Waals surface area (Å²) in [5.41, 5.74) is 1.41. The lowest BCUT2D eigenvalue weighted by molar-refractivity contribution is 0.628. The molecule has 5 heteroatoms. The number of H-pyrrole nitrogens is 1. The molecule has 0 unspecified atom stereocenters. The summed E-state index contributed by atoms with van der Waals surface area (Å²) in [6, 6.07) is 6.09. The van der Waals surface area contributed by atoms with Crippen LogP contribution in [0.5, 0.6) is 0 Å². The van der Waals surface area contributed by atoms with Gasteiger partial charge in [0.25, 0.3) is 0 Å². The Morgan fingerprint density at radius 3 is 2.78 bits per heavy atom. The molecule has 0 saturated heterocycles. The van der Waals surface area contributed by atoms with Crippen molar-refractivity contribution in [3.05, 3.63) is 45.6 Å². The zero-order valence-electron chi connectivity index (χ0n) is 9.84. The summed E-state index contributed by atoms with van der Waals surface area (Å²) in [7, 11) is 0. The lowest BCUT2D eigenvalue weighted by atomic mass is 10.1. The molecule has 2 nitrogen and oxygen atoms in total. The lowest BCUT2D eigenvalue weighted by Gasteiger charge is -2.06. The molecular formula is C13H12ClFN2S. The average molecular weight is 283 g/mol. The number of rotatable bonds is 3. The molecule has 1 aromatic heterocycles. The minimum absolute atomic E-state index is 0.359. The molecule has 1 N–H and O–H groups in total. The minimum atomic E-state index is -0.370. The summed E-state index contributed by atoms with van der Waals surface area (Å²) in [4.78, 5) is 7.38. The SMILES string of the molecule is CCCc1nc(=S)cc(-c2cc(F)cc(Cl)c2)[nH]1. The van der Waals surface area contributed by atoms with Crippen LogP contribution in [0.25, 0.3) is 11.3 Å². The highest BCUT2D eigenvalue weighted by Gasteiger charge is 2.05. The molecule has 0 aliphatic heterocycles. The Bertz CT molecular complexity index is 604. The van der Waals surface area contributed by atoms with Crippen molar-refractivity contribution in [3.63, 3.8) is 0 Å². The fourth-order valence-electron chi connectivity index (χ4n) is 1.73. The van der Waals surface area contributed by atoms with Crippen LogP contribution in [0.2, 0.25) is 5.02 Å². The van der Waals surface area contributed by atoms with E-state index in [9.17, 15) is 4.39 Å². The third-order valence-electron chi connectivity index (χ3n) is 2.45. The smallest absolute Gasteiger partial charge is 0.130 e. The first-order chi connectivity index (χ1) is 8.58. The fraction of sp³-hybridized carbons (Fsp3) is 0.231. The number of aromatic nitrogens is 2. The van der Waals surface area contributed by atoms with Gasteiger partial charge in [-0.3, -0.25) is 0 Å². The Hall–Kier alpha value is -1.26. The van der Waals surface area contributed by atoms with E-state index in [-0.39, 0.29) is 5.82 Å². The van der Waals surface area contributed by atoms with E-state index in [4.69, 9.17) is 23.8 Å². The van der Waals surface area contributed by atoms with Crippen LogP contribution in [0.1, 0.15) is 19.2 Å². The Balaban J connectivity index is 2.52. The summed E-state index contributed by atoms with van der Waals surface area (Å²) in [6.07, 6.45) is 1.77. The topological polar surface area (TPSA) is 28.7 Å². The first-order valence-corrected chi connectivity index (χ1v) is 6.44. The molecule has 1 aromatic carbocycles. The van der Waals surface area contributed by atoms with Gasteiger partial charge in [0, 0.05) is 22.7 Å². The molecule has 1 heterocycles. The normalized spacial score (nSPS) is 10.6. The van der Waals surface area contributed by atoms with Crippen molar-refractivity contribution in [2.24, 2.45) is 0 Å². The highest BCUT2D eigenvalue weighted by Crippen LogP contribution is 2.23. The van der Waals surface area contributed by atoms with Gasteiger partial charge in [-0.2, -0.15) is 0 Å². The third-order valence-corrected chi connectivity index (χ3v) is 2.88. The van der Waals surface area contributed by atoms with E-state index in [2.05, 4.69) is 16.9 Å². The second-order valence-electron chi connectivity index (χ2n) is 3.99. The van der Waals surface area contributed by atoms with Gasteiger partial charge in [-0.1, -0.05) is 30.7 Å². The summed E-state index contributed by atoms with van der Waals surface area (Å²) in [5.74, 6) is 0.436. The van der Waals surface area contributed by atoms with Gasteiger partial charge in [-0.25, -0.2) is 9.37 Å². The highest BCUT2D eigenvalue weighted by molar-refractivity contribution is 7.71. The Morgan fingerprint density at radius 1 is 1.33 bits per heavy atom. The van der Waals surface area contributed by atoms with Crippen LogP contribution in [0.4, 0.5) is 4.39 Å². The molecular weight excluding hydrogens is 271 g/mol. The van der Waals surface area contributed by atoms with Crippen LogP contribution in [-0.2, 0) is 6.42 Å². The van der Waals surface area contributed by atoms with E-state index in [1.54, 1.807) is 12.1 Å². The summed E-state index contributed by atoms with van der Waals surface area (Å²) < 4.78 is 13.8. The Labute approximate surface area is 115 Å². The maximum atomic E-state index is 13.3. The number of hydrogen-bond donors (Lipinski definition) is 1. The molecule has 0 bridgehead atoms. The van der Waals surface area contributed by atoms with Gasteiger partial charge in [-0.05, 0) is 30.7 Å². The van der Waals surface area contributed by atoms with E-state index in [0.717, 1.165) is 24.4 Å². The largest absolute Gasteiger partial charge is 0.343 e. The van der Waals surface area contributed by atoms with Crippen LogP contribution in [0, 0.1) is 10.5 Å². The van der Waals surface area contributed by atoms with E-state index >= 15 is 0 Å². The molecule has 94 valence electrons. The Morgan fingerprint density at radius 2 is 2.11 bits per heavy atom. The van der Waals surface area contributed by atoms with E-state index in [1.165, 1.54) is 12.1 Å². The van der Waals surface area contributed by atoms with Crippen molar-refractivity contribution in [2.45, 2.75) is 19.8 Å². The number of nitrogens with zero attached hydrogens (tertiary/aromatic N) is 1. The van der Waals surface area contributed by atoms with Crippen molar-refractivity contribution < 1.29 is 4.39 Å². The van der Waals surface area contributed by atoms with Crippen LogP contribution in [-0.4, -0.2) is 9.97 Å². The van der Waals surface area contributed by atoms with Crippen molar-refractivity contribution in [3.8, 4) is 11.3 Å². The Kier molecular flexibility index (Phi) is 4.09. The zero-order valence-corrected chi connectivity index (χ0v) is 11.4. The fourth-order valence-corrected chi connectivity index (χ4v) is 2.18. The second kappa shape index (κ2) is 5.59. The molecule has 0 aliphatic carbocycles. The lowest BCUT2D eigenvalue weighted by Crippen LogP contribution is -1.97. The molecule has 2 rings (SSSR count). The van der Waals surface area contributed by atoms with E-state index in [1.807, 2.05) is 0 Å². The van der Waals surface area contributed by atoms with Crippen molar-refractivity contribution >= 4 is 23.8 Å². The third kappa shape index (κ3) is 3.15. The molecule has 0 spiro atoms. The van der Waals surface area contributed by atoms with Gasteiger partial charge in [0.15, 0.2) is 0 Å². The van der Waals surface area contributed by atoms with Gasteiger partial charge in [-0.15, -0.1) is 0 Å². The van der Waals surface area contributed by atoms with Crippen molar-refractivity contribution in [2.75, 3.05) is 0 Å². The van der Waals surface area contributed by atoms with Gasteiger partial charge < -0.3 is 4.98 Å². The molecule has 0 atom stereocenters. The zero-order chi connectivity index (χ0) is 13.1. The van der Waals surface area contributed by atoms with E-state index < -0.39 is 0 Å².